The molecule has 0 radical (unpaired) electrons. The van der Waals surface area contributed by atoms with E-state index in [4.69, 9.17) is 5.11 Å². The second kappa shape index (κ2) is 7.00. The second-order valence-corrected chi connectivity index (χ2v) is 6.01. The highest BCUT2D eigenvalue weighted by Gasteiger charge is 2.25. The van der Waals surface area contributed by atoms with Gasteiger partial charge in [0, 0.05) is 24.8 Å². The van der Waals surface area contributed by atoms with Crippen LogP contribution in [0.15, 0.2) is 24.3 Å². The number of carboxylic acids is 1. The molecule has 1 aliphatic rings. The van der Waals surface area contributed by atoms with Gasteiger partial charge in [0.25, 0.3) is 0 Å². The number of aromatic nitrogens is 2. The van der Waals surface area contributed by atoms with Gasteiger partial charge in [-0.25, -0.2) is 13.8 Å². The lowest BCUT2D eigenvalue weighted by atomic mass is 9.97. The monoisotopic (exact) mass is 348 g/mol. The zero-order chi connectivity index (χ0) is 18.0. The molecule has 1 fully saturated rings. The number of carboxylic acid groups (broad SMARTS) is 1. The van der Waals surface area contributed by atoms with Crippen LogP contribution in [0.2, 0.25) is 0 Å². The lowest BCUT2D eigenvalue weighted by molar-refractivity contribution is -0.142. The van der Waals surface area contributed by atoms with Crippen LogP contribution in [0.1, 0.15) is 18.5 Å². The number of piperidine rings is 1. The van der Waals surface area contributed by atoms with Gasteiger partial charge in [-0.05, 0) is 31.9 Å². The Morgan fingerprint density at radius 3 is 2.48 bits per heavy atom. The summed E-state index contributed by atoms with van der Waals surface area (Å²) < 4.78 is 27.6. The number of carbonyl (C=O) groups is 1. The smallest absolute Gasteiger partial charge is 0.306 e. The van der Waals surface area contributed by atoms with Gasteiger partial charge < -0.3 is 15.3 Å². The van der Waals surface area contributed by atoms with Crippen LogP contribution < -0.4 is 10.2 Å². The minimum Gasteiger partial charge on any atom is -0.481 e. The Morgan fingerprint density at radius 1 is 1.24 bits per heavy atom. The molecular formula is C17H18F2N4O2. The molecule has 132 valence electrons. The van der Waals surface area contributed by atoms with E-state index in [1.165, 1.54) is 6.07 Å². The number of anilines is 3. The first-order valence-electron chi connectivity index (χ1n) is 7.98. The fourth-order valence-electron chi connectivity index (χ4n) is 2.85. The molecule has 0 amide bonds. The van der Waals surface area contributed by atoms with Crippen molar-refractivity contribution in [3.05, 3.63) is 41.6 Å². The Morgan fingerprint density at radius 2 is 1.88 bits per heavy atom. The van der Waals surface area contributed by atoms with Crippen molar-refractivity contribution >= 4 is 23.4 Å². The van der Waals surface area contributed by atoms with E-state index in [0.29, 0.717) is 37.4 Å². The standard InChI is InChI=1S/C17H18F2N4O2/c1-10-9-14(23-7-5-11(6-8-23)16(24)25)21-17(20-10)22-15-12(18)3-2-4-13(15)19/h2-4,9,11H,5-8H2,1H3,(H,24,25)(H,20,21,22). The van der Waals surface area contributed by atoms with Crippen molar-refractivity contribution in [3.63, 3.8) is 0 Å². The predicted molar refractivity (Wildman–Crippen MR) is 89.0 cm³/mol. The molecule has 2 heterocycles. The Balaban J connectivity index is 1.81. The third kappa shape index (κ3) is 3.84. The zero-order valence-electron chi connectivity index (χ0n) is 13.7. The van der Waals surface area contributed by atoms with Crippen LogP contribution in [0, 0.1) is 24.5 Å². The van der Waals surface area contributed by atoms with Crippen LogP contribution in [0.4, 0.5) is 26.2 Å². The van der Waals surface area contributed by atoms with Crippen molar-refractivity contribution in [1.82, 2.24) is 9.97 Å². The third-order valence-corrected chi connectivity index (χ3v) is 4.21. The first-order chi connectivity index (χ1) is 11.9. The van der Waals surface area contributed by atoms with E-state index < -0.39 is 17.6 Å². The minimum atomic E-state index is -0.782. The normalized spacial score (nSPS) is 15.2. The van der Waals surface area contributed by atoms with Gasteiger partial charge in [0.15, 0.2) is 0 Å². The molecule has 2 aromatic rings. The molecule has 0 bridgehead atoms. The van der Waals surface area contributed by atoms with E-state index in [-0.39, 0.29) is 17.6 Å². The first-order valence-corrected chi connectivity index (χ1v) is 7.98. The van der Waals surface area contributed by atoms with E-state index in [0.717, 1.165) is 12.1 Å². The maximum atomic E-state index is 13.8. The van der Waals surface area contributed by atoms with Crippen LogP contribution in [-0.2, 0) is 4.79 Å². The molecule has 6 nitrogen and oxygen atoms in total. The van der Waals surface area contributed by atoms with Gasteiger partial charge in [0.2, 0.25) is 5.95 Å². The average Bonchev–Trinajstić information content (AvgIpc) is 2.58. The maximum Gasteiger partial charge on any atom is 0.306 e. The highest BCUT2D eigenvalue weighted by atomic mass is 19.1. The van der Waals surface area contributed by atoms with Gasteiger partial charge in [-0.1, -0.05) is 6.07 Å². The third-order valence-electron chi connectivity index (χ3n) is 4.21. The summed E-state index contributed by atoms with van der Waals surface area (Å²) >= 11 is 0. The Kier molecular flexibility index (Phi) is 4.78. The SMILES string of the molecule is Cc1cc(N2CCC(C(=O)O)CC2)nc(Nc2c(F)cccc2F)n1. The Hall–Kier alpha value is -2.77. The number of halogens is 2. The molecule has 1 saturated heterocycles. The largest absolute Gasteiger partial charge is 0.481 e. The number of nitrogens with one attached hydrogen (secondary N) is 1. The van der Waals surface area contributed by atoms with Gasteiger partial charge in [-0.15, -0.1) is 0 Å². The van der Waals surface area contributed by atoms with E-state index >= 15 is 0 Å². The number of rotatable bonds is 4. The number of nitrogens with zero attached hydrogens (tertiary/aromatic N) is 3. The summed E-state index contributed by atoms with van der Waals surface area (Å²) in [6.07, 6.45) is 1.06. The van der Waals surface area contributed by atoms with Crippen molar-refractivity contribution in [2.75, 3.05) is 23.3 Å². The average molecular weight is 348 g/mol. The minimum absolute atomic E-state index is 0.0966. The molecule has 1 aromatic carbocycles. The zero-order valence-corrected chi connectivity index (χ0v) is 13.7. The van der Waals surface area contributed by atoms with Crippen LogP contribution in [0.25, 0.3) is 0 Å². The Labute approximate surface area is 143 Å². The van der Waals surface area contributed by atoms with Gasteiger partial charge >= 0.3 is 5.97 Å². The molecule has 1 aromatic heterocycles. The summed E-state index contributed by atoms with van der Waals surface area (Å²) in [5, 5.41) is 11.7. The molecule has 0 aliphatic carbocycles. The molecule has 0 spiro atoms. The molecular weight excluding hydrogens is 330 g/mol. The van der Waals surface area contributed by atoms with Crippen LogP contribution >= 0.6 is 0 Å². The fourth-order valence-corrected chi connectivity index (χ4v) is 2.85. The predicted octanol–water partition coefficient (Wildman–Crippen LogP) is 3.11. The van der Waals surface area contributed by atoms with E-state index in [9.17, 15) is 13.6 Å². The van der Waals surface area contributed by atoms with Crippen LogP contribution in [0.3, 0.4) is 0 Å². The number of hydrogen-bond acceptors (Lipinski definition) is 5. The fraction of sp³-hybridized carbons (Fsp3) is 0.353. The molecule has 0 saturated carbocycles. The summed E-state index contributed by atoms with van der Waals surface area (Å²) in [5.74, 6) is -1.88. The lowest BCUT2D eigenvalue weighted by Crippen LogP contribution is -2.36. The summed E-state index contributed by atoms with van der Waals surface area (Å²) in [6, 6.07) is 5.35. The summed E-state index contributed by atoms with van der Waals surface area (Å²) in [4.78, 5) is 21.5. The van der Waals surface area contributed by atoms with Crippen LogP contribution in [0.5, 0.6) is 0 Å². The van der Waals surface area contributed by atoms with Gasteiger partial charge in [0.05, 0.1) is 5.92 Å². The topological polar surface area (TPSA) is 78.4 Å². The van der Waals surface area contributed by atoms with Gasteiger partial charge in [-0.3, -0.25) is 4.79 Å². The molecule has 0 unspecified atom stereocenters. The first kappa shape index (κ1) is 17.1. The highest BCUT2D eigenvalue weighted by molar-refractivity contribution is 5.70. The van der Waals surface area contributed by atoms with Crippen molar-refractivity contribution in [3.8, 4) is 0 Å². The van der Waals surface area contributed by atoms with E-state index in [1.807, 2.05) is 4.90 Å². The number of aliphatic carboxylic acids is 1. The second-order valence-electron chi connectivity index (χ2n) is 6.01. The van der Waals surface area contributed by atoms with Crippen molar-refractivity contribution in [2.24, 2.45) is 5.92 Å². The number of hydrogen-bond donors (Lipinski definition) is 2. The van der Waals surface area contributed by atoms with Crippen LogP contribution in [-0.4, -0.2) is 34.1 Å². The van der Waals surface area contributed by atoms with E-state index in [2.05, 4.69) is 15.3 Å². The molecule has 8 heteroatoms. The molecule has 2 N–H and O–H groups in total. The summed E-state index contributed by atoms with van der Waals surface area (Å²) in [7, 11) is 0. The maximum absolute atomic E-state index is 13.8. The Bertz CT molecular complexity index is 772. The molecule has 25 heavy (non-hydrogen) atoms. The summed E-state index contributed by atoms with van der Waals surface area (Å²) in [5.41, 5.74) is 0.341. The van der Waals surface area contributed by atoms with Crippen molar-refractivity contribution in [1.29, 1.82) is 0 Å². The number of para-hydroxylation sites is 1. The van der Waals surface area contributed by atoms with Gasteiger partial charge in [0.1, 0.15) is 23.1 Å². The van der Waals surface area contributed by atoms with Gasteiger partial charge in [-0.2, -0.15) is 4.98 Å². The number of aryl methyl sites for hydroxylation is 1. The highest BCUT2D eigenvalue weighted by Crippen LogP contribution is 2.26. The van der Waals surface area contributed by atoms with Crippen molar-refractivity contribution in [2.45, 2.75) is 19.8 Å². The lowest BCUT2D eigenvalue weighted by Gasteiger charge is -2.31. The quantitative estimate of drug-likeness (QED) is 0.884. The molecule has 3 rings (SSSR count). The number of benzene rings is 1. The molecule has 0 atom stereocenters. The summed E-state index contributed by atoms with van der Waals surface area (Å²) in [6.45, 7) is 2.87. The molecule has 1 aliphatic heterocycles. The van der Waals surface area contributed by atoms with Crippen molar-refractivity contribution < 1.29 is 18.7 Å². The van der Waals surface area contributed by atoms with E-state index in [1.54, 1.807) is 13.0 Å².